The molecule has 0 radical (unpaired) electrons. The number of benzene rings is 1. The molecule has 2 saturated carbocycles. The highest BCUT2D eigenvalue weighted by molar-refractivity contribution is 5.68. The highest BCUT2D eigenvalue weighted by Crippen LogP contribution is 2.44. The topological polar surface area (TPSA) is 46.5 Å². The van der Waals surface area contributed by atoms with E-state index in [4.69, 9.17) is 9.84 Å². The minimum atomic E-state index is -0.703. The predicted molar refractivity (Wildman–Crippen MR) is 72.4 cm³/mol. The molecular weight excluding hydrogens is 240 g/mol. The Morgan fingerprint density at radius 3 is 2.42 bits per heavy atom. The fourth-order valence-corrected chi connectivity index (χ4v) is 2.55. The van der Waals surface area contributed by atoms with Crippen LogP contribution < -0.4 is 4.74 Å². The predicted octanol–water partition coefficient (Wildman–Crippen LogP) is 3.44. The molecule has 0 saturated heterocycles. The van der Waals surface area contributed by atoms with Gasteiger partial charge in [-0.1, -0.05) is 12.1 Å². The molecule has 0 amide bonds. The first-order valence-corrected chi connectivity index (χ1v) is 7.17. The van der Waals surface area contributed by atoms with Crippen LogP contribution in [-0.4, -0.2) is 17.7 Å². The van der Waals surface area contributed by atoms with Gasteiger partial charge in [-0.05, 0) is 61.1 Å². The summed E-state index contributed by atoms with van der Waals surface area (Å²) < 4.78 is 5.71. The molecule has 19 heavy (non-hydrogen) atoms. The number of hydrogen-bond donors (Lipinski definition) is 1. The van der Waals surface area contributed by atoms with Crippen LogP contribution in [-0.2, 0) is 4.79 Å². The van der Waals surface area contributed by atoms with Crippen LogP contribution in [0.2, 0.25) is 0 Å². The maximum atomic E-state index is 10.9. The van der Waals surface area contributed by atoms with E-state index in [1.54, 1.807) is 0 Å². The van der Waals surface area contributed by atoms with Crippen LogP contribution in [0.25, 0.3) is 0 Å². The van der Waals surface area contributed by atoms with E-state index >= 15 is 0 Å². The number of aliphatic carboxylic acids is 1. The van der Waals surface area contributed by atoms with Crippen LogP contribution in [0.3, 0.4) is 0 Å². The van der Waals surface area contributed by atoms with Crippen molar-refractivity contribution in [1.82, 2.24) is 0 Å². The quantitative estimate of drug-likeness (QED) is 0.816. The summed E-state index contributed by atoms with van der Waals surface area (Å²) in [6.45, 7) is 0.820. The second-order valence-corrected chi connectivity index (χ2v) is 5.87. The van der Waals surface area contributed by atoms with Gasteiger partial charge in [0.1, 0.15) is 5.75 Å². The van der Waals surface area contributed by atoms with Crippen molar-refractivity contribution < 1.29 is 14.6 Å². The molecule has 1 unspecified atom stereocenters. The molecule has 2 aliphatic rings. The smallest absolute Gasteiger partial charge is 0.303 e. The summed E-state index contributed by atoms with van der Waals surface area (Å²) in [6.07, 6.45) is 5.16. The Hall–Kier alpha value is -1.51. The first-order chi connectivity index (χ1) is 9.22. The van der Waals surface area contributed by atoms with Gasteiger partial charge in [-0.25, -0.2) is 0 Å². The molecule has 1 atom stereocenters. The van der Waals surface area contributed by atoms with E-state index in [0.29, 0.717) is 5.92 Å². The summed E-state index contributed by atoms with van der Waals surface area (Å²) in [5, 5.41) is 9.00. The molecular formula is C16H20O3. The summed E-state index contributed by atoms with van der Waals surface area (Å²) in [4.78, 5) is 10.9. The average Bonchev–Trinajstić information content (AvgIpc) is 3.28. The van der Waals surface area contributed by atoms with Crippen molar-refractivity contribution >= 4 is 5.97 Å². The molecule has 0 heterocycles. The minimum Gasteiger partial charge on any atom is -0.493 e. The SMILES string of the molecule is O=C(O)CC(c1ccc(OCC2CC2)cc1)C1CC1. The highest BCUT2D eigenvalue weighted by Gasteiger charge is 2.33. The van der Waals surface area contributed by atoms with Gasteiger partial charge in [0.25, 0.3) is 0 Å². The lowest BCUT2D eigenvalue weighted by atomic mass is 9.91. The minimum absolute atomic E-state index is 0.176. The standard InChI is InChI=1S/C16H20O3/c17-16(18)9-15(12-3-4-12)13-5-7-14(8-6-13)19-10-11-1-2-11/h5-8,11-12,15H,1-4,9-10H2,(H,17,18). The number of ether oxygens (including phenoxy) is 1. The normalized spacial score (nSPS) is 20.0. The van der Waals surface area contributed by atoms with Gasteiger partial charge in [0.05, 0.1) is 13.0 Å². The van der Waals surface area contributed by atoms with Crippen molar-refractivity contribution in [2.45, 2.75) is 38.0 Å². The maximum Gasteiger partial charge on any atom is 0.303 e. The van der Waals surface area contributed by atoms with Crippen molar-refractivity contribution in [3.63, 3.8) is 0 Å². The monoisotopic (exact) mass is 260 g/mol. The molecule has 3 rings (SSSR count). The maximum absolute atomic E-state index is 10.9. The van der Waals surface area contributed by atoms with Crippen LogP contribution in [0.4, 0.5) is 0 Å². The van der Waals surface area contributed by atoms with Crippen molar-refractivity contribution in [3.05, 3.63) is 29.8 Å². The lowest BCUT2D eigenvalue weighted by Crippen LogP contribution is -2.08. The molecule has 1 aromatic rings. The Labute approximate surface area is 113 Å². The molecule has 0 aromatic heterocycles. The summed E-state index contributed by atoms with van der Waals surface area (Å²) >= 11 is 0. The molecule has 1 N–H and O–H groups in total. The molecule has 2 aliphatic carbocycles. The molecule has 3 nitrogen and oxygen atoms in total. The van der Waals surface area contributed by atoms with Crippen LogP contribution in [0.1, 0.15) is 43.6 Å². The van der Waals surface area contributed by atoms with Crippen LogP contribution in [0.15, 0.2) is 24.3 Å². The third-order valence-electron chi connectivity index (χ3n) is 4.08. The highest BCUT2D eigenvalue weighted by atomic mass is 16.5. The largest absolute Gasteiger partial charge is 0.493 e. The fourth-order valence-electron chi connectivity index (χ4n) is 2.55. The second kappa shape index (κ2) is 5.24. The molecule has 1 aromatic carbocycles. The Morgan fingerprint density at radius 2 is 1.89 bits per heavy atom. The van der Waals surface area contributed by atoms with Gasteiger partial charge in [0.15, 0.2) is 0 Å². The zero-order chi connectivity index (χ0) is 13.2. The lowest BCUT2D eigenvalue weighted by Gasteiger charge is -2.15. The number of carboxylic acid groups (broad SMARTS) is 1. The van der Waals surface area contributed by atoms with E-state index in [1.165, 1.54) is 12.8 Å². The van der Waals surface area contributed by atoms with Crippen LogP contribution in [0, 0.1) is 11.8 Å². The fraction of sp³-hybridized carbons (Fsp3) is 0.562. The van der Waals surface area contributed by atoms with E-state index in [2.05, 4.69) is 0 Å². The van der Waals surface area contributed by atoms with Crippen molar-refractivity contribution in [1.29, 1.82) is 0 Å². The summed E-state index contributed by atoms with van der Waals surface area (Å²) in [7, 11) is 0. The summed E-state index contributed by atoms with van der Waals surface area (Å²) in [6, 6.07) is 8.03. The third kappa shape index (κ3) is 3.49. The Balaban J connectivity index is 1.63. The van der Waals surface area contributed by atoms with E-state index in [1.807, 2.05) is 24.3 Å². The first-order valence-electron chi connectivity index (χ1n) is 7.17. The molecule has 0 spiro atoms. The molecule has 2 fully saturated rings. The van der Waals surface area contributed by atoms with Gasteiger partial charge < -0.3 is 9.84 Å². The zero-order valence-electron chi connectivity index (χ0n) is 11.0. The third-order valence-corrected chi connectivity index (χ3v) is 4.08. The van der Waals surface area contributed by atoms with Gasteiger partial charge in [-0.2, -0.15) is 0 Å². The van der Waals surface area contributed by atoms with Gasteiger partial charge >= 0.3 is 5.97 Å². The van der Waals surface area contributed by atoms with Crippen LogP contribution in [0.5, 0.6) is 5.75 Å². The van der Waals surface area contributed by atoms with Gasteiger partial charge in [0, 0.05) is 0 Å². The van der Waals surface area contributed by atoms with E-state index in [0.717, 1.165) is 36.7 Å². The number of carbonyl (C=O) groups is 1. The number of rotatable bonds is 7. The van der Waals surface area contributed by atoms with Crippen molar-refractivity contribution in [3.8, 4) is 5.75 Å². The van der Waals surface area contributed by atoms with Gasteiger partial charge in [0.2, 0.25) is 0 Å². The second-order valence-electron chi connectivity index (χ2n) is 5.87. The molecule has 0 aliphatic heterocycles. The van der Waals surface area contributed by atoms with Gasteiger partial charge in [-0.3, -0.25) is 4.79 Å². The zero-order valence-corrected chi connectivity index (χ0v) is 11.0. The Bertz CT molecular complexity index is 444. The molecule has 0 bridgehead atoms. The van der Waals surface area contributed by atoms with E-state index in [9.17, 15) is 4.79 Å². The number of hydrogen-bond acceptors (Lipinski definition) is 2. The van der Waals surface area contributed by atoms with Crippen LogP contribution >= 0.6 is 0 Å². The van der Waals surface area contributed by atoms with E-state index < -0.39 is 5.97 Å². The molecule has 3 heteroatoms. The average molecular weight is 260 g/mol. The van der Waals surface area contributed by atoms with E-state index in [-0.39, 0.29) is 12.3 Å². The Morgan fingerprint density at radius 1 is 1.21 bits per heavy atom. The summed E-state index contributed by atoms with van der Waals surface area (Å²) in [5.41, 5.74) is 1.14. The van der Waals surface area contributed by atoms with Crippen molar-refractivity contribution in [2.75, 3.05) is 6.61 Å². The van der Waals surface area contributed by atoms with Crippen molar-refractivity contribution in [2.24, 2.45) is 11.8 Å². The Kier molecular flexibility index (Phi) is 3.45. The summed E-state index contributed by atoms with van der Waals surface area (Å²) in [5.74, 6) is 1.70. The van der Waals surface area contributed by atoms with Gasteiger partial charge in [-0.15, -0.1) is 0 Å². The number of carboxylic acids is 1. The first kappa shape index (κ1) is 12.5. The lowest BCUT2D eigenvalue weighted by molar-refractivity contribution is -0.137. The molecule has 102 valence electrons.